The predicted molar refractivity (Wildman–Crippen MR) is 97.7 cm³/mol. The zero-order chi connectivity index (χ0) is 18.7. The van der Waals surface area contributed by atoms with Crippen molar-refractivity contribution in [3.8, 4) is 0 Å². The third kappa shape index (κ3) is 4.68. The summed E-state index contributed by atoms with van der Waals surface area (Å²) >= 11 is 0. The molecule has 6 heteroatoms. The Morgan fingerprint density at radius 1 is 1.04 bits per heavy atom. The number of ether oxygens (including phenoxy) is 2. The second-order valence-corrected chi connectivity index (χ2v) is 8.18. The molecular weight excluding hydrogens is 332 g/mol. The Kier molecular flexibility index (Phi) is 5.39. The number of rotatable bonds is 2. The second kappa shape index (κ2) is 7.56. The van der Waals surface area contributed by atoms with E-state index in [1.165, 1.54) is 0 Å². The normalized spacial score (nSPS) is 22.7. The molecule has 2 bridgehead atoms. The topological polar surface area (TPSA) is 59.1 Å². The minimum absolute atomic E-state index is 0.00660. The van der Waals surface area contributed by atoms with Gasteiger partial charge >= 0.3 is 12.2 Å². The van der Waals surface area contributed by atoms with E-state index in [0.717, 1.165) is 18.4 Å². The first-order valence-corrected chi connectivity index (χ1v) is 9.27. The van der Waals surface area contributed by atoms with Gasteiger partial charge in [-0.1, -0.05) is 30.3 Å². The molecule has 142 valence electrons. The second-order valence-electron chi connectivity index (χ2n) is 8.18. The Morgan fingerprint density at radius 3 is 2.46 bits per heavy atom. The van der Waals surface area contributed by atoms with E-state index >= 15 is 0 Å². The van der Waals surface area contributed by atoms with E-state index in [4.69, 9.17) is 9.47 Å². The standard InChI is InChI=1S/C20H28N2O4/c1-20(2,3)26-19(24)22-12-16-9-10-17(22)13-21(11-16)18(23)25-14-15-7-5-4-6-8-15/h4-8,16-17H,9-14H2,1-3H3/t16-,17+/m1/s1. The molecule has 3 aliphatic heterocycles. The van der Waals surface area contributed by atoms with Crippen molar-refractivity contribution in [2.45, 2.75) is 51.9 Å². The van der Waals surface area contributed by atoms with Crippen LogP contribution in [-0.2, 0) is 16.1 Å². The van der Waals surface area contributed by atoms with Crippen molar-refractivity contribution < 1.29 is 19.1 Å². The Morgan fingerprint density at radius 2 is 1.77 bits per heavy atom. The van der Waals surface area contributed by atoms with Gasteiger partial charge in [-0.3, -0.25) is 0 Å². The summed E-state index contributed by atoms with van der Waals surface area (Å²) in [6, 6.07) is 9.64. The quantitative estimate of drug-likeness (QED) is 0.808. The first-order chi connectivity index (χ1) is 12.3. The number of carbonyl (C=O) groups excluding carboxylic acids is 2. The molecule has 1 aromatic carbocycles. The van der Waals surface area contributed by atoms with Gasteiger partial charge in [0.25, 0.3) is 0 Å². The fourth-order valence-corrected chi connectivity index (χ4v) is 3.59. The number of piperidine rings is 1. The van der Waals surface area contributed by atoms with E-state index in [1.807, 2.05) is 51.1 Å². The van der Waals surface area contributed by atoms with Crippen LogP contribution in [0.1, 0.15) is 39.2 Å². The molecule has 2 atom stereocenters. The summed E-state index contributed by atoms with van der Waals surface area (Å²) in [5, 5.41) is 0. The van der Waals surface area contributed by atoms with Gasteiger partial charge in [-0.15, -0.1) is 0 Å². The van der Waals surface area contributed by atoms with Gasteiger partial charge < -0.3 is 19.3 Å². The Bertz CT molecular complexity index is 641. The van der Waals surface area contributed by atoms with Crippen molar-refractivity contribution in [2.24, 2.45) is 5.92 Å². The number of amides is 2. The summed E-state index contributed by atoms with van der Waals surface area (Å²) in [6.07, 6.45) is 1.32. The Labute approximate surface area is 155 Å². The van der Waals surface area contributed by atoms with Crippen molar-refractivity contribution in [1.29, 1.82) is 0 Å². The van der Waals surface area contributed by atoms with E-state index < -0.39 is 5.60 Å². The lowest BCUT2D eigenvalue weighted by atomic mass is 9.95. The molecule has 4 rings (SSSR count). The van der Waals surface area contributed by atoms with Crippen LogP contribution in [0, 0.1) is 5.92 Å². The van der Waals surface area contributed by atoms with Gasteiger partial charge in [0.15, 0.2) is 0 Å². The maximum Gasteiger partial charge on any atom is 0.410 e. The number of nitrogens with zero attached hydrogens (tertiary/aromatic N) is 2. The van der Waals surface area contributed by atoms with Gasteiger partial charge in [-0.05, 0) is 45.1 Å². The van der Waals surface area contributed by atoms with Gasteiger partial charge in [0, 0.05) is 19.6 Å². The highest BCUT2D eigenvalue weighted by Gasteiger charge is 2.40. The first kappa shape index (κ1) is 18.5. The number of fused-ring (bicyclic) bond motifs is 4. The average molecular weight is 360 g/mol. The summed E-state index contributed by atoms with van der Waals surface area (Å²) in [5.41, 5.74) is 0.450. The van der Waals surface area contributed by atoms with Gasteiger partial charge in [-0.2, -0.15) is 0 Å². The van der Waals surface area contributed by atoms with Crippen LogP contribution in [0.25, 0.3) is 0 Å². The van der Waals surface area contributed by atoms with E-state index in [-0.39, 0.29) is 30.8 Å². The molecule has 26 heavy (non-hydrogen) atoms. The summed E-state index contributed by atoms with van der Waals surface area (Å²) in [6.45, 7) is 7.65. The molecule has 1 aromatic rings. The molecule has 2 amide bonds. The highest BCUT2D eigenvalue weighted by atomic mass is 16.6. The Hall–Kier alpha value is -2.24. The van der Waals surface area contributed by atoms with E-state index in [2.05, 4.69) is 0 Å². The van der Waals surface area contributed by atoms with Gasteiger partial charge in [-0.25, -0.2) is 9.59 Å². The highest BCUT2D eigenvalue weighted by molar-refractivity contribution is 5.70. The van der Waals surface area contributed by atoms with Crippen molar-refractivity contribution in [3.05, 3.63) is 35.9 Å². The molecule has 3 heterocycles. The molecule has 0 spiro atoms. The van der Waals surface area contributed by atoms with Gasteiger partial charge in [0.2, 0.25) is 0 Å². The lowest BCUT2D eigenvalue weighted by molar-refractivity contribution is 0.00727. The minimum Gasteiger partial charge on any atom is -0.445 e. The van der Waals surface area contributed by atoms with Crippen LogP contribution in [0.5, 0.6) is 0 Å². The smallest absolute Gasteiger partial charge is 0.410 e. The molecule has 0 aromatic heterocycles. The summed E-state index contributed by atoms with van der Waals surface area (Å²) in [4.78, 5) is 28.6. The molecule has 0 radical (unpaired) electrons. The number of carbonyl (C=O) groups is 2. The molecule has 0 saturated carbocycles. The average Bonchev–Trinajstić information content (AvgIpc) is 2.91. The lowest BCUT2D eigenvalue weighted by Crippen LogP contribution is -2.49. The molecule has 6 nitrogen and oxygen atoms in total. The molecule has 3 fully saturated rings. The van der Waals surface area contributed by atoms with Gasteiger partial charge in [0.05, 0.1) is 6.04 Å². The van der Waals surface area contributed by atoms with E-state index in [0.29, 0.717) is 19.6 Å². The Balaban J connectivity index is 1.60. The van der Waals surface area contributed by atoms with Crippen LogP contribution in [0.15, 0.2) is 30.3 Å². The maximum atomic E-state index is 12.5. The van der Waals surface area contributed by atoms with E-state index in [1.54, 1.807) is 9.80 Å². The summed E-state index contributed by atoms with van der Waals surface area (Å²) in [7, 11) is 0. The van der Waals surface area contributed by atoms with Crippen molar-refractivity contribution in [2.75, 3.05) is 19.6 Å². The zero-order valence-corrected chi connectivity index (χ0v) is 15.8. The highest BCUT2D eigenvalue weighted by Crippen LogP contribution is 2.29. The van der Waals surface area contributed by atoms with Crippen LogP contribution in [0.3, 0.4) is 0 Å². The van der Waals surface area contributed by atoms with Crippen LogP contribution < -0.4 is 0 Å². The summed E-state index contributed by atoms with van der Waals surface area (Å²) in [5.74, 6) is 0.269. The maximum absolute atomic E-state index is 12.5. The van der Waals surface area contributed by atoms with Gasteiger partial charge in [0.1, 0.15) is 12.2 Å². The van der Waals surface area contributed by atoms with Crippen LogP contribution in [0.4, 0.5) is 9.59 Å². The molecule has 3 saturated heterocycles. The molecule has 0 unspecified atom stereocenters. The largest absolute Gasteiger partial charge is 0.445 e. The molecular formula is C20H28N2O4. The molecule has 0 aliphatic carbocycles. The number of hydrogen-bond donors (Lipinski definition) is 0. The lowest BCUT2D eigenvalue weighted by Gasteiger charge is -2.36. The number of hydrogen-bond acceptors (Lipinski definition) is 4. The predicted octanol–water partition coefficient (Wildman–Crippen LogP) is 3.65. The molecule has 3 aliphatic rings. The van der Waals surface area contributed by atoms with Crippen molar-refractivity contribution in [1.82, 2.24) is 9.80 Å². The first-order valence-electron chi connectivity index (χ1n) is 9.27. The van der Waals surface area contributed by atoms with Crippen LogP contribution >= 0.6 is 0 Å². The zero-order valence-electron chi connectivity index (χ0n) is 15.8. The minimum atomic E-state index is -0.517. The van der Waals surface area contributed by atoms with Crippen LogP contribution in [-0.4, -0.2) is 53.3 Å². The number of benzene rings is 1. The third-order valence-electron chi connectivity index (χ3n) is 4.80. The monoisotopic (exact) mass is 360 g/mol. The SMILES string of the molecule is CC(C)(C)OC(=O)N1C[C@@H]2CC[C@H]1CN(C(=O)OCc1ccccc1)C2. The summed E-state index contributed by atoms with van der Waals surface area (Å²) < 4.78 is 11.0. The van der Waals surface area contributed by atoms with Crippen molar-refractivity contribution in [3.63, 3.8) is 0 Å². The van der Waals surface area contributed by atoms with Crippen LogP contribution in [0.2, 0.25) is 0 Å². The molecule has 0 N–H and O–H groups in total. The fourth-order valence-electron chi connectivity index (χ4n) is 3.59. The fraction of sp³-hybridized carbons (Fsp3) is 0.600. The van der Waals surface area contributed by atoms with E-state index in [9.17, 15) is 9.59 Å². The third-order valence-corrected chi connectivity index (χ3v) is 4.80. The van der Waals surface area contributed by atoms with Crippen molar-refractivity contribution >= 4 is 12.2 Å².